The summed E-state index contributed by atoms with van der Waals surface area (Å²) in [5, 5.41) is 0. The molecule has 0 unspecified atom stereocenters. The molecule has 0 spiro atoms. The Hall–Kier alpha value is -0.190. The average Bonchev–Trinajstić information content (AvgIpc) is 2.10. The zero-order valence-electron chi connectivity index (χ0n) is 7.79. The highest BCUT2D eigenvalue weighted by molar-refractivity contribution is 6.68. The molecule has 4 nitrogen and oxygen atoms in total. The Balaban J connectivity index is 2.82. The fourth-order valence-electron chi connectivity index (χ4n) is 1.29. The van der Waals surface area contributed by atoms with Crippen LogP contribution in [0, 0.1) is 0 Å². The van der Waals surface area contributed by atoms with E-state index >= 15 is 0 Å². The van der Waals surface area contributed by atoms with Gasteiger partial charge < -0.3 is 9.64 Å². The maximum absolute atomic E-state index is 11.2. The van der Waals surface area contributed by atoms with E-state index in [0.717, 1.165) is 0 Å². The number of nitrogens with zero attached hydrogens (tertiary/aromatic N) is 1. The lowest BCUT2D eigenvalue weighted by Crippen LogP contribution is -2.47. The summed E-state index contributed by atoms with van der Waals surface area (Å²) in [7, 11) is 0. The Morgan fingerprint density at radius 1 is 1.40 bits per heavy atom. The highest BCUT2D eigenvalue weighted by Crippen LogP contribution is 2.34. The van der Waals surface area contributed by atoms with Crippen LogP contribution in [-0.2, 0) is 14.3 Å². The van der Waals surface area contributed by atoms with Crippen LogP contribution in [-0.4, -0.2) is 33.8 Å². The van der Waals surface area contributed by atoms with Crippen LogP contribution in [0.3, 0.4) is 0 Å². The molecule has 1 amide bonds. The number of amides is 1. The molecule has 0 aromatic heterocycles. The normalized spacial score (nSPS) is 24.1. The molecule has 0 N–H and O–H groups in total. The molecule has 1 aliphatic rings. The molecule has 1 heterocycles. The largest absolute Gasteiger partial charge is 0.437 e. The number of hydrogen-bond donors (Lipinski definition) is 0. The molecule has 7 heteroatoms. The van der Waals surface area contributed by atoms with Gasteiger partial charge in [-0.2, -0.15) is 0 Å². The topological polar surface area (TPSA) is 46.6 Å². The van der Waals surface area contributed by atoms with Gasteiger partial charge in [-0.3, -0.25) is 9.59 Å². The Bertz CT molecular complexity index is 254. The van der Waals surface area contributed by atoms with Gasteiger partial charge in [0.25, 0.3) is 0 Å². The highest BCUT2D eigenvalue weighted by atomic mass is 35.6. The van der Waals surface area contributed by atoms with Gasteiger partial charge in [-0.15, -0.1) is 0 Å². The summed E-state index contributed by atoms with van der Waals surface area (Å²) < 4.78 is 3.09. The third kappa shape index (κ3) is 3.70. The van der Waals surface area contributed by atoms with Crippen LogP contribution in [0.15, 0.2) is 0 Å². The van der Waals surface area contributed by atoms with Gasteiger partial charge in [-0.1, -0.05) is 34.8 Å². The van der Waals surface area contributed by atoms with Gasteiger partial charge in [-0.05, 0) is 12.8 Å². The minimum Gasteiger partial charge on any atom is -0.437 e. The fourth-order valence-corrected chi connectivity index (χ4v) is 1.80. The van der Waals surface area contributed by atoms with E-state index < -0.39 is 16.0 Å². The number of carbonyl (C=O) groups excluding carboxylic acids is 2. The SMILES string of the molecule is O=CN1CCCCC(=O)O[C@H]1C(Cl)(Cl)Cl. The third-order valence-corrected chi connectivity index (χ3v) is 2.57. The Morgan fingerprint density at radius 3 is 2.60 bits per heavy atom. The van der Waals surface area contributed by atoms with Gasteiger partial charge in [0.1, 0.15) is 0 Å². The van der Waals surface area contributed by atoms with Crippen molar-refractivity contribution in [3.8, 4) is 0 Å². The highest BCUT2D eigenvalue weighted by Gasteiger charge is 2.40. The summed E-state index contributed by atoms with van der Waals surface area (Å²) in [4.78, 5) is 23.1. The molecule has 86 valence electrons. The van der Waals surface area contributed by atoms with Gasteiger partial charge in [0, 0.05) is 13.0 Å². The summed E-state index contributed by atoms with van der Waals surface area (Å²) in [6, 6.07) is 0. The lowest BCUT2D eigenvalue weighted by Gasteiger charge is -2.33. The lowest BCUT2D eigenvalue weighted by molar-refractivity contribution is -0.163. The van der Waals surface area contributed by atoms with Crippen molar-refractivity contribution in [1.29, 1.82) is 0 Å². The molecular weight excluding hydrogens is 264 g/mol. The zero-order valence-corrected chi connectivity index (χ0v) is 10.1. The van der Waals surface area contributed by atoms with E-state index in [4.69, 9.17) is 39.5 Å². The number of carbonyl (C=O) groups is 2. The molecule has 0 radical (unpaired) electrons. The number of cyclic esters (lactones) is 1. The second-order valence-electron chi connectivity index (χ2n) is 3.18. The smallest absolute Gasteiger partial charge is 0.307 e. The summed E-state index contributed by atoms with van der Waals surface area (Å²) in [5.74, 6) is -0.460. The first kappa shape index (κ1) is 12.9. The molecule has 1 fully saturated rings. The van der Waals surface area contributed by atoms with Crippen molar-refractivity contribution in [3.63, 3.8) is 0 Å². The molecule has 0 bridgehead atoms. The Kier molecular flexibility index (Phi) is 4.49. The molecule has 1 atom stereocenters. The number of esters is 1. The molecule has 0 saturated carbocycles. The first-order valence-corrected chi connectivity index (χ1v) is 5.56. The molecule has 1 saturated heterocycles. The van der Waals surface area contributed by atoms with Gasteiger partial charge in [-0.25, -0.2) is 0 Å². The van der Waals surface area contributed by atoms with E-state index in [1.807, 2.05) is 0 Å². The fraction of sp³-hybridized carbons (Fsp3) is 0.750. The molecule has 0 aromatic carbocycles. The number of rotatable bonds is 1. The van der Waals surface area contributed by atoms with E-state index in [9.17, 15) is 9.59 Å². The first-order chi connectivity index (χ1) is 6.95. The van der Waals surface area contributed by atoms with Crippen molar-refractivity contribution in [2.75, 3.05) is 6.54 Å². The van der Waals surface area contributed by atoms with Gasteiger partial charge >= 0.3 is 5.97 Å². The van der Waals surface area contributed by atoms with E-state index in [1.54, 1.807) is 0 Å². The van der Waals surface area contributed by atoms with E-state index in [1.165, 1.54) is 4.90 Å². The van der Waals surface area contributed by atoms with Crippen molar-refractivity contribution in [2.24, 2.45) is 0 Å². The molecule has 15 heavy (non-hydrogen) atoms. The summed E-state index contributed by atoms with van der Waals surface area (Å²) in [6.45, 7) is 0.412. The number of alkyl halides is 3. The van der Waals surface area contributed by atoms with Crippen molar-refractivity contribution in [3.05, 3.63) is 0 Å². The van der Waals surface area contributed by atoms with Crippen LogP contribution in [0.1, 0.15) is 19.3 Å². The monoisotopic (exact) mass is 273 g/mol. The summed E-state index contributed by atoms with van der Waals surface area (Å²) >= 11 is 16.9. The Labute approximate surface area is 102 Å². The quantitative estimate of drug-likeness (QED) is 0.417. The Morgan fingerprint density at radius 2 is 2.07 bits per heavy atom. The van der Waals surface area contributed by atoms with Crippen molar-refractivity contribution >= 4 is 47.2 Å². The van der Waals surface area contributed by atoms with Gasteiger partial charge in [0.05, 0.1) is 0 Å². The number of hydrogen-bond acceptors (Lipinski definition) is 3. The second kappa shape index (κ2) is 5.23. The maximum atomic E-state index is 11.2. The number of ether oxygens (including phenoxy) is 1. The predicted molar refractivity (Wildman–Crippen MR) is 56.8 cm³/mol. The molecule has 1 aliphatic heterocycles. The van der Waals surface area contributed by atoms with Crippen LogP contribution in [0.4, 0.5) is 0 Å². The molecule has 0 aromatic rings. The maximum Gasteiger partial charge on any atom is 0.307 e. The standard InChI is InChI=1S/C8H10Cl3NO3/c9-8(10,11)7-12(5-13)4-2-1-3-6(14)15-7/h5,7H,1-4H2/t7-/m0/s1. The summed E-state index contributed by atoms with van der Waals surface area (Å²) in [6.07, 6.45) is 1.00. The lowest BCUT2D eigenvalue weighted by atomic mass is 10.2. The minimum absolute atomic E-state index is 0.282. The van der Waals surface area contributed by atoms with Gasteiger partial charge in [0.15, 0.2) is 0 Å². The van der Waals surface area contributed by atoms with Crippen molar-refractivity contribution < 1.29 is 14.3 Å². The van der Waals surface area contributed by atoms with Crippen LogP contribution < -0.4 is 0 Å². The third-order valence-electron chi connectivity index (χ3n) is 2.01. The minimum atomic E-state index is -1.83. The first-order valence-electron chi connectivity index (χ1n) is 4.42. The van der Waals surface area contributed by atoms with Crippen molar-refractivity contribution in [1.82, 2.24) is 4.90 Å². The van der Waals surface area contributed by atoms with Crippen molar-refractivity contribution in [2.45, 2.75) is 29.3 Å². The summed E-state index contributed by atoms with van der Waals surface area (Å²) in [5.41, 5.74) is 0. The van der Waals surface area contributed by atoms with Crippen LogP contribution in [0.25, 0.3) is 0 Å². The van der Waals surface area contributed by atoms with E-state index in [2.05, 4.69) is 0 Å². The van der Waals surface area contributed by atoms with Crippen LogP contribution in [0.5, 0.6) is 0 Å². The molecule has 1 rings (SSSR count). The average molecular weight is 275 g/mol. The zero-order chi connectivity index (χ0) is 11.5. The van der Waals surface area contributed by atoms with E-state index in [-0.39, 0.29) is 6.42 Å². The number of halogens is 3. The van der Waals surface area contributed by atoms with Gasteiger partial charge in [0.2, 0.25) is 16.4 Å². The second-order valence-corrected chi connectivity index (χ2v) is 5.55. The van der Waals surface area contributed by atoms with Crippen LogP contribution in [0.2, 0.25) is 0 Å². The van der Waals surface area contributed by atoms with Crippen LogP contribution >= 0.6 is 34.8 Å². The van der Waals surface area contributed by atoms with E-state index in [0.29, 0.717) is 25.8 Å². The molecular formula is C8H10Cl3NO3. The molecule has 0 aliphatic carbocycles. The predicted octanol–water partition coefficient (Wildman–Crippen LogP) is 1.87.